The average molecular weight is 585 g/mol. The summed E-state index contributed by atoms with van der Waals surface area (Å²) in [7, 11) is 0. The van der Waals surface area contributed by atoms with E-state index in [-0.39, 0.29) is 0 Å². The molecule has 9 aromatic rings. The van der Waals surface area contributed by atoms with Crippen LogP contribution < -0.4 is 4.90 Å². The van der Waals surface area contributed by atoms with Crippen molar-refractivity contribution in [1.82, 2.24) is 4.57 Å². The van der Waals surface area contributed by atoms with Crippen molar-refractivity contribution < 1.29 is 0 Å². The van der Waals surface area contributed by atoms with Crippen molar-refractivity contribution in [1.29, 1.82) is 0 Å². The van der Waals surface area contributed by atoms with Crippen LogP contribution in [0.15, 0.2) is 170 Å². The van der Waals surface area contributed by atoms with E-state index in [4.69, 9.17) is 0 Å². The molecule has 0 radical (unpaired) electrons. The smallest absolute Gasteiger partial charge is 0.0702 e. The second-order valence-corrected chi connectivity index (χ2v) is 12.2. The maximum absolute atomic E-state index is 2.43. The van der Waals surface area contributed by atoms with Crippen LogP contribution in [0.1, 0.15) is 0 Å². The van der Waals surface area contributed by atoms with Crippen LogP contribution in [-0.2, 0) is 0 Å². The van der Waals surface area contributed by atoms with E-state index < -0.39 is 0 Å². The molecule has 1 aromatic heterocycles. The fourth-order valence-electron chi connectivity index (χ4n) is 7.66. The van der Waals surface area contributed by atoms with Crippen LogP contribution in [0.2, 0.25) is 0 Å². The van der Waals surface area contributed by atoms with Gasteiger partial charge in [-0.05, 0) is 92.0 Å². The molecular formula is C44H28N2. The Bertz CT molecular complexity index is 2620. The zero-order valence-electron chi connectivity index (χ0n) is 25.1. The zero-order chi connectivity index (χ0) is 30.2. The van der Waals surface area contributed by atoms with Gasteiger partial charge in [0, 0.05) is 16.6 Å². The first-order valence-corrected chi connectivity index (χ1v) is 15.9. The fraction of sp³-hybridized carbons (Fsp3) is 0. The van der Waals surface area contributed by atoms with E-state index in [2.05, 4.69) is 179 Å². The Balaban J connectivity index is 1.20. The number of benzene rings is 8. The highest BCUT2D eigenvalue weighted by Gasteiger charge is 2.27. The first-order chi connectivity index (χ1) is 22.8. The molecule has 0 saturated carbocycles. The lowest BCUT2D eigenvalue weighted by atomic mass is 9.92. The van der Waals surface area contributed by atoms with E-state index >= 15 is 0 Å². The van der Waals surface area contributed by atoms with Gasteiger partial charge in [0.05, 0.1) is 28.3 Å². The number of aromatic nitrogens is 1. The Morgan fingerprint density at radius 1 is 0.348 bits per heavy atom. The minimum Gasteiger partial charge on any atom is -0.308 e. The van der Waals surface area contributed by atoms with E-state index in [1.807, 2.05) is 0 Å². The Kier molecular flexibility index (Phi) is 5.31. The molecule has 2 nitrogen and oxygen atoms in total. The highest BCUT2D eigenvalue weighted by molar-refractivity contribution is 6.25. The molecule has 0 amide bonds. The van der Waals surface area contributed by atoms with Gasteiger partial charge in [-0.25, -0.2) is 0 Å². The Morgan fingerprint density at radius 3 is 1.72 bits per heavy atom. The summed E-state index contributed by atoms with van der Waals surface area (Å²) in [5, 5.41) is 9.01. The van der Waals surface area contributed by atoms with Crippen molar-refractivity contribution in [3.8, 4) is 28.1 Å². The molecule has 2 heteroatoms. The molecule has 0 unspecified atom stereocenters. The van der Waals surface area contributed by atoms with E-state index in [1.165, 1.54) is 77.0 Å². The minimum atomic E-state index is 1.14. The fourth-order valence-corrected chi connectivity index (χ4v) is 7.66. The van der Waals surface area contributed by atoms with Crippen LogP contribution in [0.3, 0.4) is 0 Å². The summed E-state index contributed by atoms with van der Waals surface area (Å²) >= 11 is 0. The molecule has 0 bridgehead atoms. The molecule has 0 spiro atoms. The van der Waals surface area contributed by atoms with Crippen molar-refractivity contribution in [3.63, 3.8) is 0 Å². The molecule has 0 aliphatic carbocycles. The molecule has 2 heterocycles. The van der Waals surface area contributed by atoms with Crippen LogP contribution >= 0.6 is 0 Å². The SMILES string of the molecule is c1cc(-c2ccc3c4ccccc4c4ccccc4c3c2)cc(N2c3ccccc3-c3cc4ccccc4n3-c3ccccc32)c1. The summed E-state index contributed by atoms with van der Waals surface area (Å²) in [6.07, 6.45) is 0. The molecule has 0 N–H and O–H groups in total. The van der Waals surface area contributed by atoms with Crippen LogP contribution in [0.5, 0.6) is 0 Å². The third kappa shape index (κ3) is 3.59. The third-order valence-corrected chi connectivity index (χ3v) is 9.68. The van der Waals surface area contributed by atoms with E-state index in [0.717, 1.165) is 11.4 Å². The maximum atomic E-state index is 2.43. The van der Waals surface area contributed by atoms with Gasteiger partial charge in [0.2, 0.25) is 0 Å². The third-order valence-electron chi connectivity index (χ3n) is 9.68. The molecule has 1 aliphatic rings. The van der Waals surface area contributed by atoms with Crippen molar-refractivity contribution in [2.24, 2.45) is 0 Å². The van der Waals surface area contributed by atoms with Crippen molar-refractivity contribution >= 4 is 60.3 Å². The number of fused-ring (bicyclic) bond motifs is 13. The molecule has 214 valence electrons. The summed E-state index contributed by atoms with van der Waals surface area (Å²) in [5.74, 6) is 0. The molecule has 10 rings (SSSR count). The lowest BCUT2D eigenvalue weighted by Gasteiger charge is -2.27. The lowest BCUT2D eigenvalue weighted by molar-refractivity contribution is 1.14. The predicted octanol–water partition coefficient (Wildman–Crippen LogP) is 12.2. The van der Waals surface area contributed by atoms with Gasteiger partial charge in [0.15, 0.2) is 0 Å². The Hall–Kier alpha value is -6.12. The van der Waals surface area contributed by atoms with Gasteiger partial charge in [0.25, 0.3) is 0 Å². The van der Waals surface area contributed by atoms with Crippen LogP contribution in [0, 0.1) is 0 Å². The van der Waals surface area contributed by atoms with Gasteiger partial charge < -0.3 is 9.47 Å². The number of para-hydroxylation sites is 4. The first-order valence-electron chi connectivity index (χ1n) is 15.9. The van der Waals surface area contributed by atoms with Gasteiger partial charge in [0.1, 0.15) is 0 Å². The molecular weight excluding hydrogens is 556 g/mol. The number of rotatable bonds is 2. The van der Waals surface area contributed by atoms with Gasteiger partial charge >= 0.3 is 0 Å². The largest absolute Gasteiger partial charge is 0.308 e. The summed E-state index contributed by atoms with van der Waals surface area (Å²) in [6, 6.07) is 62.1. The highest BCUT2D eigenvalue weighted by atomic mass is 15.2. The quantitative estimate of drug-likeness (QED) is 0.184. The normalized spacial score (nSPS) is 12.3. The van der Waals surface area contributed by atoms with E-state index in [1.54, 1.807) is 0 Å². The summed E-state index contributed by atoms with van der Waals surface area (Å²) in [4.78, 5) is 2.43. The molecule has 0 atom stereocenters. The summed E-state index contributed by atoms with van der Waals surface area (Å²) < 4.78 is 2.42. The molecule has 0 fully saturated rings. The second kappa shape index (κ2) is 9.69. The van der Waals surface area contributed by atoms with Crippen LogP contribution in [-0.4, -0.2) is 4.57 Å². The van der Waals surface area contributed by atoms with Crippen LogP contribution in [0.25, 0.3) is 71.3 Å². The monoisotopic (exact) mass is 584 g/mol. The van der Waals surface area contributed by atoms with Gasteiger partial charge in [-0.15, -0.1) is 0 Å². The molecule has 46 heavy (non-hydrogen) atoms. The maximum Gasteiger partial charge on any atom is 0.0702 e. The van der Waals surface area contributed by atoms with Crippen LogP contribution in [0.4, 0.5) is 17.1 Å². The Labute approximate surface area is 267 Å². The van der Waals surface area contributed by atoms with E-state index in [0.29, 0.717) is 0 Å². The topological polar surface area (TPSA) is 8.17 Å². The Morgan fingerprint density at radius 2 is 0.935 bits per heavy atom. The van der Waals surface area contributed by atoms with Crippen molar-refractivity contribution in [2.45, 2.75) is 0 Å². The summed E-state index contributed by atoms with van der Waals surface area (Å²) in [6.45, 7) is 0. The van der Waals surface area contributed by atoms with Gasteiger partial charge in [-0.2, -0.15) is 0 Å². The van der Waals surface area contributed by atoms with Crippen molar-refractivity contribution in [3.05, 3.63) is 170 Å². The lowest BCUT2D eigenvalue weighted by Crippen LogP contribution is -2.11. The summed E-state index contributed by atoms with van der Waals surface area (Å²) in [5.41, 5.74) is 10.7. The van der Waals surface area contributed by atoms with Gasteiger partial charge in [-0.1, -0.05) is 121 Å². The van der Waals surface area contributed by atoms with Gasteiger partial charge in [-0.3, -0.25) is 0 Å². The second-order valence-electron chi connectivity index (χ2n) is 12.2. The highest BCUT2D eigenvalue weighted by Crippen LogP contribution is 2.49. The molecule has 1 aliphatic heterocycles. The number of anilines is 3. The number of nitrogens with zero attached hydrogens (tertiary/aromatic N) is 2. The minimum absolute atomic E-state index is 1.14. The number of hydrogen-bond donors (Lipinski definition) is 0. The standard InChI is InChI=1S/C44H28N2/c1-7-20-40-31(12-1)28-44-38-19-6-8-21-41(38)45(42-22-9-10-23-43(42)46(40)44)32-14-11-13-29(26-32)30-24-25-37-35-17-3-2-15-33(35)34-16-4-5-18-36(34)39(37)27-30/h1-28H. The van der Waals surface area contributed by atoms with E-state index in [9.17, 15) is 0 Å². The first kappa shape index (κ1) is 25.2. The number of hydrogen-bond acceptors (Lipinski definition) is 1. The molecule has 8 aromatic carbocycles. The zero-order valence-corrected chi connectivity index (χ0v) is 25.1. The molecule has 0 saturated heterocycles. The predicted molar refractivity (Wildman–Crippen MR) is 195 cm³/mol. The van der Waals surface area contributed by atoms with Crippen molar-refractivity contribution in [2.75, 3.05) is 4.90 Å². The average Bonchev–Trinajstić information content (AvgIpc) is 3.46.